The topological polar surface area (TPSA) is 50.2 Å². The van der Waals surface area contributed by atoms with E-state index in [1.807, 2.05) is 30.3 Å². The third kappa shape index (κ3) is 2.46. The van der Waals surface area contributed by atoms with Gasteiger partial charge in [-0.2, -0.15) is 0 Å². The number of benzene rings is 2. The molecule has 0 atom stereocenters. The molecule has 3 aromatic rings. The molecule has 0 bridgehead atoms. The van der Waals surface area contributed by atoms with Gasteiger partial charge in [-0.1, -0.05) is 53.5 Å². The summed E-state index contributed by atoms with van der Waals surface area (Å²) in [6, 6.07) is 14.2. The highest BCUT2D eigenvalue weighted by Gasteiger charge is 2.17. The molecule has 0 saturated carbocycles. The van der Waals surface area contributed by atoms with Crippen LogP contribution in [0.25, 0.3) is 22.2 Å². The summed E-state index contributed by atoms with van der Waals surface area (Å²) in [5.41, 5.74) is 2.02. The summed E-state index contributed by atoms with van der Waals surface area (Å²) in [5.74, 6) is -1.07. The van der Waals surface area contributed by atoms with Crippen molar-refractivity contribution in [3.8, 4) is 11.3 Å². The second-order valence-corrected chi connectivity index (χ2v) is 5.27. The van der Waals surface area contributed by atoms with Crippen LogP contribution in [0.2, 0.25) is 10.0 Å². The summed E-state index contributed by atoms with van der Waals surface area (Å²) < 4.78 is 0. The van der Waals surface area contributed by atoms with E-state index in [1.54, 1.807) is 12.1 Å². The van der Waals surface area contributed by atoms with E-state index in [2.05, 4.69) is 4.98 Å². The minimum absolute atomic E-state index is 0.0892. The Kier molecular flexibility index (Phi) is 3.53. The Morgan fingerprint density at radius 1 is 1.05 bits per heavy atom. The molecule has 1 heterocycles. The lowest BCUT2D eigenvalue weighted by Crippen LogP contribution is -2.01. The summed E-state index contributed by atoms with van der Waals surface area (Å²) in [6.45, 7) is 0. The zero-order chi connectivity index (χ0) is 15.0. The van der Waals surface area contributed by atoms with Crippen molar-refractivity contribution < 1.29 is 9.90 Å². The molecule has 3 rings (SSSR count). The highest BCUT2D eigenvalue weighted by Crippen LogP contribution is 2.34. The standard InChI is InChI=1S/C16H9Cl2NO2/c17-11-6-7-12-14(15(11)18)10(16(20)21)8-13(19-12)9-4-2-1-3-5-9/h1-8H,(H,20,21). The maximum Gasteiger partial charge on any atom is 0.336 e. The van der Waals surface area contributed by atoms with Crippen molar-refractivity contribution in [1.29, 1.82) is 0 Å². The van der Waals surface area contributed by atoms with Crippen molar-refractivity contribution in [3.05, 3.63) is 64.1 Å². The molecule has 2 aromatic carbocycles. The molecule has 1 N–H and O–H groups in total. The number of carbonyl (C=O) groups is 1. The Morgan fingerprint density at radius 3 is 2.43 bits per heavy atom. The molecule has 0 unspecified atom stereocenters. The Labute approximate surface area is 130 Å². The fourth-order valence-electron chi connectivity index (χ4n) is 2.19. The summed E-state index contributed by atoms with van der Waals surface area (Å²) in [7, 11) is 0. The minimum atomic E-state index is -1.07. The lowest BCUT2D eigenvalue weighted by atomic mass is 10.0. The quantitative estimate of drug-likeness (QED) is 0.730. The Hall–Kier alpha value is -2.10. The van der Waals surface area contributed by atoms with Crippen molar-refractivity contribution in [2.24, 2.45) is 0 Å². The van der Waals surface area contributed by atoms with E-state index in [4.69, 9.17) is 23.2 Å². The van der Waals surface area contributed by atoms with Crippen molar-refractivity contribution in [2.45, 2.75) is 0 Å². The van der Waals surface area contributed by atoms with Gasteiger partial charge in [-0.05, 0) is 18.2 Å². The van der Waals surface area contributed by atoms with Gasteiger partial charge in [0.1, 0.15) is 0 Å². The average molecular weight is 318 g/mol. The van der Waals surface area contributed by atoms with E-state index in [0.717, 1.165) is 5.56 Å². The van der Waals surface area contributed by atoms with Crippen LogP contribution in [0, 0.1) is 0 Å². The highest BCUT2D eigenvalue weighted by molar-refractivity contribution is 6.45. The molecule has 0 spiro atoms. The molecule has 0 saturated heterocycles. The number of fused-ring (bicyclic) bond motifs is 1. The number of carboxylic acids is 1. The summed E-state index contributed by atoms with van der Waals surface area (Å²) >= 11 is 12.1. The Bertz CT molecular complexity index is 848. The number of aromatic nitrogens is 1. The predicted octanol–water partition coefficient (Wildman–Crippen LogP) is 4.91. The molecule has 1 aromatic heterocycles. The first-order valence-corrected chi connectivity index (χ1v) is 6.91. The van der Waals surface area contributed by atoms with Gasteiger partial charge < -0.3 is 5.11 Å². The first-order chi connectivity index (χ1) is 10.1. The van der Waals surface area contributed by atoms with Gasteiger partial charge in [-0.3, -0.25) is 0 Å². The summed E-state index contributed by atoms with van der Waals surface area (Å²) in [6.07, 6.45) is 0. The molecule has 3 nitrogen and oxygen atoms in total. The molecule has 104 valence electrons. The van der Waals surface area contributed by atoms with Crippen LogP contribution in [0.15, 0.2) is 48.5 Å². The van der Waals surface area contributed by atoms with E-state index in [0.29, 0.717) is 21.6 Å². The lowest BCUT2D eigenvalue weighted by Gasteiger charge is -2.09. The van der Waals surface area contributed by atoms with E-state index < -0.39 is 5.97 Å². The molecule has 0 aliphatic carbocycles. The normalized spacial score (nSPS) is 10.8. The molecule has 21 heavy (non-hydrogen) atoms. The van der Waals surface area contributed by atoms with Crippen LogP contribution >= 0.6 is 23.2 Å². The monoisotopic (exact) mass is 317 g/mol. The smallest absolute Gasteiger partial charge is 0.336 e. The number of aromatic carboxylic acids is 1. The van der Waals surface area contributed by atoms with Crippen LogP contribution in [0.4, 0.5) is 0 Å². The van der Waals surface area contributed by atoms with Crippen molar-refractivity contribution in [2.75, 3.05) is 0 Å². The van der Waals surface area contributed by atoms with Gasteiger partial charge >= 0.3 is 5.97 Å². The Balaban J connectivity index is 2.37. The van der Waals surface area contributed by atoms with Gasteiger partial charge in [0.2, 0.25) is 0 Å². The van der Waals surface area contributed by atoms with Crippen molar-refractivity contribution >= 4 is 40.1 Å². The number of hydrogen-bond donors (Lipinski definition) is 1. The second kappa shape index (κ2) is 5.35. The largest absolute Gasteiger partial charge is 0.478 e. The predicted molar refractivity (Wildman–Crippen MR) is 84.2 cm³/mol. The van der Waals surface area contributed by atoms with Crippen LogP contribution < -0.4 is 0 Å². The molecule has 0 radical (unpaired) electrons. The van der Waals surface area contributed by atoms with E-state index in [-0.39, 0.29) is 10.6 Å². The van der Waals surface area contributed by atoms with Gasteiger partial charge in [-0.15, -0.1) is 0 Å². The van der Waals surface area contributed by atoms with Gasteiger partial charge in [0.05, 0.1) is 26.8 Å². The van der Waals surface area contributed by atoms with E-state index in [9.17, 15) is 9.90 Å². The molecular weight excluding hydrogens is 309 g/mol. The highest BCUT2D eigenvalue weighted by atomic mass is 35.5. The number of carboxylic acid groups (broad SMARTS) is 1. The van der Waals surface area contributed by atoms with E-state index in [1.165, 1.54) is 6.07 Å². The zero-order valence-electron chi connectivity index (χ0n) is 10.7. The van der Waals surface area contributed by atoms with Crippen LogP contribution in [0.1, 0.15) is 10.4 Å². The zero-order valence-corrected chi connectivity index (χ0v) is 12.2. The van der Waals surface area contributed by atoms with Crippen LogP contribution in [0.5, 0.6) is 0 Å². The van der Waals surface area contributed by atoms with Gasteiger partial charge in [0.25, 0.3) is 0 Å². The molecule has 0 aliphatic rings. The lowest BCUT2D eigenvalue weighted by molar-refractivity contribution is 0.0699. The maximum absolute atomic E-state index is 11.5. The van der Waals surface area contributed by atoms with Gasteiger partial charge in [0.15, 0.2) is 0 Å². The third-order valence-corrected chi connectivity index (χ3v) is 3.97. The summed E-state index contributed by atoms with van der Waals surface area (Å²) in [4.78, 5) is 16.0. The average Bonchev–Trinajstić information content (AvgIpc) is 2.50. The summed E-state index contributed by atoms with van der Waals surface area (Å²) in [5, 5.41) is 10.3. The van der Waals surface area contributed by atoms with Crippen LogP contribution in [0.3, 0.4) is 0 Å². The number of pyridine rings is 1. The fraction of sp³-hybridized carbons (Fsp3) is 0. The number of rotatable bonds is 2. The van der Waals surface area contributed by atoms with E-state index >= 15 is 0 Å². The molecule has 0 aliphatic heterocycles. The van der Waals surface area contributed by atoms with Gasteiger partial charge in [-0.25, -0.2) is 9.78 Å². The van der Waals surface area contributed by atoms with Gasteiger partial charge in [0, 0.05) is 10.9 Å². The second-order valence-electron chi connectivity index (χ2n) is 4.48. The van der Waals surface area contributed by atoms with Crippen LogP contribution in [-0.2, 0) is 0 Å². The maximum atomic E-state index is 11.5. The molecule has 0 amide bonds. The number of halogens is 2. The molecule has 0 fully saturated rings. The van der Waals surface area contributed by atoms with Crippen molar-refractivity contribution in [1.82, 2.24) is 4.98 Å². The first kappa shape index (κ1) is 13.9. The molecule has 5 heteroatoms. The third-order valence-electron chi connectivity index (χ3n) is 3.16. The molecular formula is C16H9Cl2NO2. The number of nitrogens with zero attached hydrogens (tertiary/aromatic N) is 1. The van der Waals surface area contributed by atoms with Crippen molar-refractivity contribution in [3.63, 3.8) is 0 Å². The number of hydrogen-bond acceptors (Lipinski definition) is 2. The Morgan fingerprint density at radius 2 is 1.76 bits per heavy atom. The minimum Gasteiger partial charge on any atom is -0.478 e. The fourth-order valence-corrected chi connectivity index (χ4v) is 2.61. The first-order valence-electron chi connectivity index (χ1n) is 6.15. The van der Waals surface area contributed by atoms with Crippen LogP contribution in [-0.4, -0.2) is 16.1 Å². The SMILES string of the molecule is O=C(O)c1cc(-c2ccccc2)nc2ccc(Cl)c(Cl)c12.